The van der Waals surface area contributed by atoms with Gasteiger partial charge in [0.2, 0.25) is 0 Å². The minimum absolute atomic E-state index is 0.656. The van der Waals surface area contributed by atoms with Crippen molar-refractivity contribution in [2.24, 2.45) is 11.7 Å². The minimum Gasteiger partial charge on any atom is -0.326 e. The number of rotatable bonds is 3. The monoisotopic (exact) mass is 217 g/mol. The Morgan fingerprint density at radius 1 is 1.06 bits per heavy atom. The van der Waals surface area contributed by atoms with E-state index in [9.17, 15) is 0 Å². The van der Waals surface area contributed by atoms with E-state index in [2.05, 4.69) is 31.2 Å². The molecule has 0 aliphatic heterocycles. The van der Waals surface area contributed by atoms with Crippen molar-refractivity contribution in [1.29, 1.82) is 0 Å². The van der Waals surface area contributed by atoms with Crippen LogP contribution in [-0.2, 0) is 6.54 Å². The van der Waals surface area contributed by atoms with Gasteiger partial charge in [-0.05, 0) is 48.6 Å². The molecule has 0 spiro atoms. The second-order valence-corrected chi connectivity index (χ2v) is 5.07. The summed E-state index contributed by atoms with van der Waals surface area (Å²) in [4.78, 5) is 0. The van der Waals surface area contributed by atoms with E-state index >= 15 is 0 Å². The molecule has 1 fully saturated rings. The molecule has 0 radical (unpaired) electrons. The molecule has 1 aliphatic carbocycles. The lowest BCUT2D eigenvalue weighted by atomic mass is 9.78. The molecule has 1 aromatic rings. The van der Waals surface area contributed by atoms with Gasteiger partial charge in [-0.3, -0.25) is 0 Å². The maximum atomic E-state index is 5.61. The quantitative estimate of drug-likeness (QED) is 0.818. The molecule has 16 heavy (non-hydrogen) atoms. The van der Waals surface area contributed by atoms with Crippen molar-refractivity contribution < 1.29 is 0 Å². The van der Waals surface area contributed by atoms with Gasteiger partial charge in [-0.15, -0.1) is 0 Å². The predicted molar refractivity (Wildman–Crippen MR) is 69.3 cm³/mol. The highest BCUT2D eigenvalue weighted by Crippen LogP contribution is 2.36. The van der Waals surface area contributed by atoms with E-state index in [1.165, 1.54) is 43.2 Å². The van der Waals surface area contributed by atoms with Crippen molar-refractivity contribution in [1.82, 2.24) is 0 Å². The largest absolute Gasteiger partial charge is 0.326 e. The molecule has 0 bridgehead atoms. The van der Waals surface area contributed by atoms with Gasteiger partial charge in [-0.25, -0.2) is 0 Å². The lowest BCUT2D eigenvalue weighted by Gasteiger charge is -2.28. The molecular weight excluding hydrogens is 194 g/mol. The van der Waals surface area contributed by atoms with Gasteiger partial charge in [0.15, 0.2) is 0 Å². The summed E-state index contributed by atoms with van der Waals surface area (Å²) in [5.74, 6) is 1.79. The molecule has 1 heteroatoms. The first-order valence-electron chi connectivity index (χ1n) is 6.62. The zero-order chi connectivity index (χ0) is 11.4. The molecule has 0 saturated heterocycles. The van der Waals surface area contributed by atoms with Crippen LogP contribution in [0, 0.1) is 5.92 Å². The molecule has 1 nitrogen and oxygen atoms in total. The molecule has 0 amide bonds. The van der Waals surface area contributed by atoms with Gasteiger partial charge < -0.3 is 5.73 Å². The van der Waals surface area contributed by atoms with Gasteiger partial charge in [-0.1, -0.05) is 37.6 Å². The first-order chi connectivity index (χ1) is 7.83. The van der Waals surface area contributed by atoms with Gasteiger partial charge in [0.05, 0.1) is 0 Å². The molecule has 1 saturated carbocycles. The van der Waals surface area contributed by atoms with E-state index in [0.717, 1.165) is 11.8 Å². The van der Waals surface area contributed by atoms with Crippen LogP contribution in [-0.4, -0.2) is 0 Å². The Hall–Kier alpha value is -0.820. The third-order valence-electron chi connectivity index (χ3n) is 4.11. The zero-order valence-corrected chi connectivity index (χ0v) is 10.3. The molecule has 0 atom stereocenters. The normalized spacial score (nSPS) is 25.6. The average Bonchev–Trinajstić information content (AvgIpc) is 2.39. The Balaban J connectivity index is 1.97. The predicted octanol–water partition coefficient (Wildman–Crippen LogP) is 3.83. The number of hydrogen-bond donors (Lipinski definition) is 1. The molecule has 0 aromatic heterocycles. The van der Waals surface area contributed by atoms with Crippen LogP contribution in [0.5, 0.6) is 0 Å². The van der Waals surface area contributed by atoms with Gasteiger partial charge in [0.1, 0.15) is 0 Å². The topological polar surface area (TPSA) is 26.0 Å². The van der Waals surface area contributed by atoms with E-state index in [0.29, 0.717) is 6.54 Å². The fraction of sp³-hybridized carbons (Fsp3) is 0.600. The minimum atomic E-state index is 0.656. The van der Waals surface area contributed by atoms with Gasteiger partial charge in [-0.2, -0.15) is 0 Å². The molecule has 2 rings (SSSR count). The van der Waals surface area contributed by atoms with Crippen molar-refractivity contribution >= 4 is 0 Å². The van der Waals surface area contributed by atoms with E-state index < -0.39 is 0 Å². The summed E-state index contributed by atoms with van der Waals surface area (Å²) in [5, 5.41) is 0. The third-order valence-corrected chi connectivity index (χ3v) is 4.11. The molecule has 2 N–H and O–H groups in total. The summed E-state index contributed by atoms with van der Waals surface area (Å²) in [6, 6.07) is 8.92. The van der Waals surface area contributed by atoms with Crippen molar-refractivity contribution in [2.75, 3.05) is 0 Å². The zero-order valence-electron chi connectivity index (χ0n) is 10.3. The standard InChI is InChI=1S/C15H23N/c1-2-12-3-7-14(8-4-12)15-9-5-13(11-16)6-10-15/h5-6,9-10,12,14H,2-4,7-8,11,16H2,1H3. The first kappa shape index (κ1) is 11.7. The number of hydrogen-bond acceptors (Lipinski definition) is 1. The third kappa shape index (κ3) is 2.65. The second kappa shape index (κ2) is 5.49. The van der Waals surface area contributed by atoms with Crippen LogP contribution in [0.2, 0.25) is 0 Å². The van der Waals surface area contributed by atoms with E-state index in [4.69, 9.17) is 5.73 Å². The summed E-state index contributed by atoms with van der Waals surface area (Å²) in [7, 11) is 0. The lowest BCUT2D eigenvalue weighted by molar-refractivity contribution is 0.319. The maximum absolute atomic E-state index is 5.61. The van der Waals surface area contributed by atoms with Crippen LogP contribution in [0.25, 0.3) is 0 Å². The first-order valence-corrected chi connectivity index (χ1v) is 6.62. The molecule has 88 valence electrons. The van der Waals surface area contributed by atoms with Crippen LogP contribution in [0.1, 0.15) is 56.1 Å². The van der Waals surface area contributed by atoms with Crippen molar-refractivity contribution in [2.45, 2.75) is 51.5 Å². The van der Waals surface area contributed by atoms with Crippen LogP contribution in [0.3, 0.4) is 0 Å². The fourth-order valence-corrected chi connectivity index (χ4v) is 2.83. The summed E-state index contributed by atoms with van der Waals surface area (Å²) in [6.07, 6.45) is 6.94. The average molecular weight is 217 g/mol. The molecule has 0 heterocycles. The summed E-state index contributed by atoms with van der Waals surface area (Å²) < 4.78 is 0. The molecular formula is C15H23N. The van der Waals surface area contributed by atoms with E-state index in [-0.39, 0.29) is 0 Å². The summed E-state index contributed by atoms with van der Waals surface area (Å²) in [6.45, 7) is 2.98. The lowest BCUT2D eigenvalue weighted by Crippen LogP contribution is -2.12. The summed E-state index contributed by atoms with van der Waals surface area (Å²) >= 11 is 0. The Labute approximate surface area is 99.0 Å². The molecule has 1 aliphatic rings. The summed E-state index contributed by atoms with van der Waals surface area (Å²) in [5.41, 5.74) is 8.38. The highest BCUT2D eigenvalue weighted by molar-refractivity contribution is 5.25. The van der Waals surface area contributed by atoms with Crippen LogP contribution < -0.4 is 5.73 Å². The number of benzene rings is 1. The van der Waals surface area contributed by atoms with E-state index in [1.54, 1.807) is 0 Å². The van der Waals surface area contributed by atoms with Crippen molar-refractivity contribution in [3.8, 4) is 0 Å². The Morgan fingerprint density at radius 3 is 2.19 bits per heavy atom. The Morgan fingerprint density at radius 2 is 1.69 bits per heavy atom. The maximum Gasteiger partial charge on any atom is 0.0178 e. The van der Waals surface area contributed by atoms with Crippen LogP contribution in [0.15, 0.2) is 24.3 Å². The molecule has 0 unspecified atom stereocenters. The van der Waals surface area contributed by atoms with E-state index in [1.807, 2.05) is 0 Å². The van der Waals surface area contributed by atoms with Crippen LogP contribution in [0.4, 0.5) is 0 Å². The van der Waals surface area contributed by atoms with Crippen LogP contribution >= 0.6 is 0 Å². The van der Waals surface area contributed by atoms with Crippen molar-refractivity contribution in [3.05, 3.63) is 35.4 Å². The van der Waals surface area contributed by atoms with Crippen molar-refractivity contribution in [3.63, 3.8) is 0 Å². The second-order valence-electron chi connectivity index (χ2n) is 5.07. The fourth-order valence-electron chi connectivity index (χ4n) is 2.83. The Bertz CT molecular complexity index is 307. The smallest absolute Gasteiger partial charge is 0.0178 e. The SMILES string of the molecule is CCC1CCC(c2ccc(CN)cc2)CC1. The molecule has 1 aromatic carbocycles. The number of nitrogens with two attached hydrogens (primary N) is 1. The van der Waals surface area contributed by atoms with Gasteiger partial charge in [0, 0.05) is 6.54 Å². The highest BCUT2D eigenvalue weighted by Gasteiger charge is 2.20. The Kier molecular flexibility index (Phi) is 4.00. The highest BCUT2D eigenvalue weighted by atomic mass is 14.5. The van der Waals surface area contributed by atoms with Gasteiger partial charge >= 0.3 is 0 Å². The van der Waals surface area contributed by atoms with Gasteiger partial charge in [0.25, 0.3) is 0 Å².